The Morgan fingerprint density at radius 3 is 2.69 bits per heavy atom. The van der Waals surface area contributed by atoms with E-state index in [1.807, 2.05) is 38.2 Å². The summed E-state index contributed by atoms with van der Waals surface area (Å²) in [6.07, 6.45) is 2.91. The van der Waals surface area contributed by atoms with Crippen LogP contribution < -0.4 is 20.9 Å². The molecule has 1 atom stereocenters. The zero-order chi connectivity index (χ0) is 27.1. The van der Waals surface area contributed by atoms with Crippen LogP contribution in [0.2, 0.25) is 0 Å². The van der Waals surface area contributed by atoms with Gasteiger partial charge in [0, 0.05) is 49.7 Å². The molecule has 200 valence electrons. The largest absolute Gasteiger partial charge is 0.379 e. The van der Waals surface area contributed by atoms with E-state index in [1.54, 1.807) is 13.1 Å². The van der Waals surface area contributed by atoms with Crippen LogP contribution in [0.15, 0.2) is 36.5 Å². The number of fused-ring (bicyclic) bond motifs is 3. The highest BCUT2D eigenvalue weighted by molar-refractivity contribution is 6.00. The van der Waals surface area contributed by atoms with Gasteiger partial charge in [0.25, 0.3) is 5.91 Å². The van der Waals surface area contributed by atoms with Crippen molar-refractivity contribution in [3.63, 3.8) is 0 Å². The lowest BCUT2D eigenvalue weighted by molar-refractivity contribution is 0.0958. The van der Waals surface area contributed by atoms with Crippen molar-refractivity contribution >= 4 is 34.6 Å². The van der Waals surface area contributed by atoms with Crippen molar-refractivity contribution in [3.8, 4) is 11.1 Å². The van der Waals surface area contributed by atoms with E-state index in [4.69, 9.17) is 9.84 Å². The van der Waals surface area contributed by atoms with Crippen molar-refractivity contribution in [2.75, 3.05) is 42.8 Å². The summed E-state index contributed by atoms with van der Waals surface area (Å²) >= 11 is 0. The summed E-state index contributed by atoms with van der Waals surface area (Å²) in [5.41, 5.74) is 6.75. The molecule has 0 radical (unpaired) electrons. The minimum Gasteiger partial charge on any atom is -0.379 e. The molecule has 0 unspecified atom stereocenters. The fourth-order valence-electron chi connectivity index (χ4n) is 5.27. The first-order valence-electron chi connectivity index (χ1n) is 12.9. The normalized spacial score (nSPS) is 16.0. The van der Waals surface area contributed by atoms with Crippen molar-refractivity contribution in [1.82, 2.24) is 35.3 Å². The van der Waals surface area contributed by atoms with Gasteiger partial charge in [-0.05, 0) is 26.3 Å². The summed E-state index contributed by atoms with van der Waals surface area (Å²) in [6, 6.07) is 9.94. The summed E-state index contributed by atoms with van der Waals surface area (Å²) in [5, 5.41) is 22.5. The number of aryl methyl sites for hydroxylation is 2. The Hall–Kier alpha value is -4.58. The lowest BCUT2D eigenvalue weighted by Gasteiger charge is -2.31. The highest BCUT2D eigenvalue weighted by Gasteiger charge is 2.30. The number of nitrogens with one attached hydrogen (secondary N) is 3. The molecule has 2 aliphatic heterocycles. The molecule has 39 heavy (non-hydrogen) atoms. The zero-order valence-electron chi connectivity index (χ0n) is 22.3. The second kappa shape index (κ2) is 9.95. The van der Waals surface area contributed by atoms with Crippen LogP contribution in [0.1, 0.15) is 40.2 Å². The minimum atomic E-state index is -0.342. The highest BCUT2D eigenvalue weighted by Crippen LogP contribution is 2.44. The Bertz CT molecular complexity index is 1540. The van der Waals surface area contributed by atoms with E-state index in [-0.39, 0.29) is 17.6 Å². The summed E-state index contributed by atoms with van der Waals surface area (Å²) in [7, 11) is 3.63. The fraction of sp³-hybridized carbons (Fsp3) is 0.333. The van der Waals surface area contributed by atoms with E-state index in [9.17, 15) is 4.79 Å². The van der Waals surface area contributed by atoms with E-state index in [1.165, 1.54) is 5.69 Å². The maximum atomic E-state index is 12.7. The Balaban J connectivity index is 1.38. The van der Waals surface area contributed by atoms with Crippen LogP contribution in [0.3, 0.4) is 0 Å². The van der Waals surface area contributed by atoms with Crippen molar-refractivity contribution in [2.45, 2.75) is 32.9 Å². The maximum absolute atomic E-state index is 12.7. The number of nitrogens with zero attached hydrogens (tertiary/aromatic N) is 7. The average Bonchev–Trinajstić information content (AvgIpc) is 3.58. The Morgan fingerprint density at radius 1 is 1.05 bits per heavy atom. The smallest absolute Gasteiger partial charge is 0.273 e. The minimum absolute atomic E-state index is 0.184. The summed E-state index contributed by atoms with van der Waals surface area (Å²) < 4.78 is 7.73. The van der Waals surface area contributed by atoms with E-state index in [2.05, 4.69) is 58.8 Å². The van der Waals surface area contributed by atoms with Crippen LogP contribution in [0.4, 0.5) is 28.7 Å². The average molecular weight is 527 g/mol. The third-order valence-electron chi connectivity index (χ3n) is 6.97. The van der Waals surface area contributed by atoms with E-state index >= 15 is 0 Å². The number of hydrogen-bond donors (Lipinski definition) is 3. The Labute approximate surface area is 225 Å². The van der Waals surface area contributed by atoms with Gasteiger partial charge in [-0.15, -0.1) is 10.2 Å². The third kappa shape index (κ3) is 4.63. The number of benzene rings is 1. The van der Waals surface area contributed by atoms with Gasteiger partial charge in [0.1, 0.15) is 11.6 Å². The first-order valence-corrected chi connectivity index (χ1v) is 12.9. The molecule has 5 heterocycles. The van der Waals surface area contributed by atoms with Gasteiger partial charge in [-0.3, -0.25) is 9.48 Å². The number of hydrogen-bond acceptors (Lipinski definition) is 10. The van der Waals surface area contributed by atoms with Gasteiger partial charge >= 0.3 is 0 Å². The van der Waals surface area contributed by atoms with Gasteiger partial charge in [-0.1, -0.05) is 12.1 Å². The van der Waals surface area contributed by atoms with E-state index in [0.29, 0.717) is 36.3 Å². The molecule has 0 bridgehead atoms. The number of carbonyl (C=O) groups is 1. The van der Waals surface area contributed by atoms with Crippen LogP contribution in [-0.4, -0.2) is 63.2 Å². The number of para-hydroxylation sites is 1. The SMILES string of the molecule is CNC(=O)c1nnc(Nc2cc(C)nc(C)n2)cc1Nc1cccc2c1N(C)Cc1c-2cnn1[C@H]1CCOC1. The van der Waals surface area contributed by atoms with Crippen LogP contribution in [0, 0.1) is 13.8 Å². The standard InChI is InChI=1S/C27H30N10O2/c1-15-10-23(31-16(2)30-15)33-24-11-21(25(35-34-24)27(38)28-3)32-20-7-5-6-18-19-12-29-37(17-8-9-39-14-17)22(19)13-36(4)26(18)20/h5-7,10-12,17H,8-9,13-14H2,1-4H3,(H,28,38)(H2,30,31,32,33,34)/t17-/m0/s1. The third-order valence-corrected chi connectivity index (χ3v) is 6.97. The summed E-state index contributed by atoms with van der Waals surface area (Å²) in [4.78, 5) is 23.6. The first kappa shape index (κ1) is 24.7. The highest BCUT2D eigenvalue weighted by atomic mass is 16.5. The Kier molecular flexibility index (Phi) is 6.31. The van der Waals surface area contributed by atoms with Crippen molar-refractivity contribution in [3.05, 3.63) is 59.4 Å². The molecule has 0 aliphatic carbocycles. The van der Waals surface area contributed by atoms with Gasteiger partial charge in [-0.25, -0.2) is 9.97 Å². The van der Waals surface area contributed by atoms with Crippen molar-refractivity contribution < 1.29 is 9.53 Å². The second-order valence-corrected chi connectivity index (χ2v) is 9.79. The molecule has 0 saturated carbocycles. The Morgan fingerprint density at radius 2 is 1.92 bits per heavy atom. The lowest BCUT2D eigenvalue weighted by atomic mass is 9.97. The topological polar surface area (TPSA) is 135 Å². The summed E-state index contributed by atoms with van der Waals surface area (Å²) in [5.74, 6) is 1.35. The van der Waals surface area contributed by atoms with Crippen LogP contribution in [0.25, 0.3) is 11.1 Å². The second-order valence-electron chi connectivity index (χ2n) is 9.79. The van der Waals surface area contributed by atoms with Gasteiger partial charge in [0.15, 0.2) is 11.5 Å². The van der Waals surface area contributed by atoms with Crippen LogP contribution in [-0.2, 0) is 11.3 Å². The van der Waals surface area contributed by atoms with E-state index in [0.717, 1.165) is 41.2 Å². The predicted molar refractivity (Wildman–Crippen MR) is 148 cm³/mol. The van der Waals surface area contributed by atoms with Gasteiger partial charge < -0.3 is 25.6 Å². The number of amides is 1. The molecule has 3 aromatic heterocycles. The van der Waals surface area contributed by atoms with Gasteiger partial charge in [0.05, 0.1) is 48.1 Å². The molecule has 3 N–H and O–H groups in total. The quantitative estimate of drug-likeness (QED) is 0.343. The molecule has 1 amide bonds. The predicted octanol–water partition coefficient (Wildman–Crippen LogP) is 3.50. The van der Waals surface area contributed by atoms with Gasteiger partial charge in [-0.2, -0.15) is 5.10 Å². The number of carbonyl (C=O) groups excluding carboxylic acids is 1. The van der Waals surface area contributed by atoms with E-state index < -0.39 is 0 Å². The molecular formula is C27H30N10O2. The molecule has 0 spiro atoms. The zero-order valence-corrected chi connectivity index (χ0v) is 22.3. The number of rotatable bonds is 6. The maximum Gasteiger partial charge on any atom is 0.273 e. The monoisotopic (exact) mass is 526 g/mol. The first-order chi connectivity index (χ1) is 18.9. The number of ether oxygens (including phenoxy) is 1. The molecule has 1 aromatic carbocycles. The van der Waals surface area contributed by atoms with Crippen LogP contribution in [0.5, 0.6) is 0 Å². The number of anilines is 5. The molecule has 4 aromatic rings. The van der Waals surface area contributed by atoms with Crippen LogP contribution >= 0.6 is 0 Å². The van der Waals surface area contributed by atoms with Gasteiger partial charge in [0.2, 0.25) is 0 Å². The molecule has 12 nitrogen and oxygen atoms in total. The molecule has 2 aliphatic rings. The fourth-order valence-corrected chi connectivity index (χ4v) is 5.27. The lowest BCUT2D eigenvalue weighted by Crippen LogP contribution is -2.26. The van der Waals surface area contributed by atoms with Crippen molar-refractivity contribution in [1.29, 1.82) is 0 Å². The summed E-state index contributed by atoms with van der Waals surface area (Å²) in [6.45, 7) is 5.89. The molecule has 12 heteroatoms. The van der Waals surface area contributed by atoms with Crippen molar-refractivity contribution in [2.24, 2.45) is 0 Å². The number of aromatic nitrogens is 6. The molecule has 6 rings (SSSR count). The molecule has 1 fully saturated rings. The molecule has 1 saturated heterocycles. The molecular weight excluding hydrogens is 496 g/mol.